The third kappa shape index (κ3) is 26.0. The molecule has 0 saturated carbocycles. The van der Waals surface area contributed by atoms with Crippen molar-refractivity contribution in [3.63, 3.8) is 0 Å². The second kappa shape index (κ2) is 44.3. The molecular weight excluding hydrogens is 1560 g/mol. The second-order valence-electron chi connectivity index (χ2n) is 29.8. The van der Waals surface area contributed by atoms with Gasteiger partial charge in [-0.15, -0.1) is 0 Å². The van der Waals surface area contributed by atoms with Crippen molar-refractivity contribution < 1.29 is 77.3 Å². The van der Waals surface area contributed by atoms with Gasteiger partial charge in [-0.2, -0.15) is 0 Å². The summed E-state index contributed by atoms with van der Waals surface area (Å²) >= 11 is 0. The van der Waals surface area contributed by atoms with Crippen molar-refractivity contribution in [1.29, 1.82) is 10.8 Å². The SMILES string of the molecule is CC[C@H](C)[C@@H]1NC(=O)[C@@H]2CCCN2C(=O)[C@@H]2CCCN2C(=O)[C@H]([C@@H](C)CC)NC(=O)[C@H](CO)NC(=O)[C@H](C)NC(=O)[C@H]([C@H](C)O)NC(=O)[C@@H]2CSSC[C@H](NC1=O)C(=O)N[C@@H](Cc1cnc[nH]1)C(=O)N[C@@H](Cc1ccccc1)C(=O)N[C@@H](CCCNC(=N)N)C(=O)N[C@@H](Cc1c[nH]c3ccccc13)C(=O)N[C@@H](CCCNC(=N)N)C(=O)N2. The highest BCUT2D eigenvalue weighted by molar-refractivity contribution is 8.76. The molecule has 41 heteroatoms. The van der Waals surface area contributed by atoms with Crippen molar-refractivity contribution in [2.24, 2.45) is 23.3 Å². The van der Waals surface area contributed by atoms with Crippen LogP contribution in [0.25, 0.3) is 10.9 Å². The zero-order chi connectivity index (χ0) is 85.2. The van der Waals surface area contributed by atoms with Crippen LogP contribution in [0.1, 0.15) is 123 Å². The molecule has 8 rings (SSSR count). The summed E-state index contributed by atoms with van der Waals surface area (Å²) in [4.78, 5) is 223. The first-order valence-electron chi connectivity index (χ1n) is 39.4. The number of nitrogens with two attached hydrogens (primary N) is 2. The van der Waals surface area contributed by atoms with Gasteiger partial charge < -0.3 is 116 Å². The molecule has 117 heavy (non-hydrogen) atoms. The van der Waals surface area contributed by atoms with Crippen LogP contribution in [0.3, 0.4) is 0 Å². The van der Waals surface area contributed by atoms with Crippen LogP contribution >= 0.6 is 21.6 Å². The van der Waals surface area contributed by atoms with Crippen LogP contribution in [0.2, 0.25) is 0 Å². The fraction of sp³-hybridized carbons (Fsp3) is 0.566. The Hall–Kier alpha value is -11.1. The van der Waals surface area contributed by atoms with E-state index in [9.17, 15) is 39.0 Å². The fourth-order valence-corrected chi connectivity index (χ4v) is 16.4. The largest absolute Gasteiger partial charge is 0.394 e. The van der Waals surface area contributed by atoms with Crippen molar-refractivity contribution in [3.05, 3.63) is 90.1 Å². The quantitative estimate of drug-likeness (QED) is 0.0174. The molecule has 14 amide bonds. The molecule has 638 valence electrons. The molecule has 4 aromatic rings. The molecule has 2 bridgehead atoms. The molecule has 4 fully saturated rings. The maximum Gasteiger partial charge on any atom is 0.246 e. The van der Waals surface area contributed by atoms with Gasteiger partial charge in [-0.05, 0) is 94.2 Å². The van der Waals surface area contributed by atoms with E-state index >= 15 is 38.4 Å². The predicted octanol–water partition coefficient (Wildman–Crippen LogP) is -3.86. The smallest absolute Gasteiger partial charge is 0.246 e. The third-order valence-electron chi connectivity index (χ3n) is 21.2. The van der Waals surface area contributed by atoms with Crippen LogP contribution in [-0.4, -0.2) is 265 Å². The van der Waals surface area contributed by atoms with Gasteiger partial charge in [0.05, 0.1) is 19.0 Å². The maximum absolute atomic E-state index is 15.5. The van der Waals surface area contributed by atoms with E-state index < -0.39 is 215 Å². The highest BCUT2D eigenvalue weighted by Crippen LogP contribution is 2.29. The third-order valence-corrected chi connectivity index (χ3v) is 23.6. The van der Waals surface area contributed by atoms with Crippen molar-refractivity contribution in [3.8, 4) is 0 Å². The molecule has 4 saturated heterocycles. The number of amides is 14. The summed E-state index contributed by atoms with van der Waals surface area (Å²) < 4.78 is 0. The van der Waals surface area contributed by atoms with E-state index in [1.54, 1.807) is 88.5 Å². The molecule has 39 nitrogen and oxygen atoms in total. The molecule has 0 aliphatic carbocycles. The number of carbonyl (C=O) groups excluding carboxylic acids is 14. The highest BCUT2D eigenvalue weighted by atomic mass is 33.1. The van der Waals surface area contributed by atoms with Crippen molar-refractivity contribution in [2.75, 3.05) is 44.3 Å². The number of H-pyrrole nitrogens is 2. The minimum absolute atomic E-state index is 0.00264. The number of hydrogen-bond donors (Lipinski definition) is 22. The Labute approximate surface area is 684 Å². The maximum atomic E-state index is 15.5. The summed E-state index contributed by atoms with van der Waals surface area (Å²) in [6, 6.07) is -6.18. The van der Waals surface area contributed by atoms with E-state index in [4.69, 9.17) is 22.3 Å². The monoisotopic (exact) mass is 1670 g/mol. The van der Waals surface area contributed by atoms with E-state index in [0.717, 1.165) is 28.5 Å². The summed E-state index contributed by atoms with van der Waals surface area (Å²) in [5, 5.41) is 75.6. The molecule has 2 aromatic heterocycles. The average molecular weight is 1670 g/mol. The molecule has 17 atom stereocenters. The van der Waals surface area contributed by atoms with Gasteiger partial charge in [0, 0.05) is 85.9 Å². The molecule has 0 spiro atoms. The lowest BCUT2D eigenvalue weighted by atomic mass is 9.96. The molecule has 0 radical (unpaired) electrons. The molecule has 24 N–H and O–H groups in total. The van der Waals surface area contributed by atoms with Crippen LogP contribution in [0.4, 0.5) is 0 Å². The molecule has 4 aliphatic heterocycles. The number of guanidine groups is 2. The van der Waals surface area contributed by atoms with E-state index in [1.807, 2.05) is 0 Å². The van der Waals surface area contributed by atoms with Gasteiger partial charge >= 0.3 is 0 Å². The highest BCUT2D eigenvalue weighted by Gasteiger charge is 2.47. The number of imidazole rings is 1. The van der Waals surface area contributed by atoms with Gasteiger partial charge in [0.15, 0.2) is 11.9 Å². The number of nitrogens with one attached hydrogen (secondary N) is 18. The normalized spacial score (nSPS) is 26.9. The number of carbonyl (C=O) groups is 14. The van der Waals surface area contributed by atoms with Gasteiger partial charge in [-0.25, -0.2) is 4.98 Å². The van der Waals surface area contributed by atoms with E-state index in [1.165, 1.54) is 29.2 Å². The number of benzene rings is 2. The number of rotatable bonds is 20. The number of aliphatic hydroxyl groups is 2. The first-order valence-corrected chi connectivity index (χ1v) is 41.9. The first-order chi connectivity index (χ1) is 55.9. The Morgan fingerprint density at radius 3 is 1.56 bits per heavy atom. The van der Waals surface area contributed by atoms with E-state index in [2.05, 4.69) is 89.4 Å². The Morgan fingerprint density at radius 2 is 0.991 bits per heavy atom. The number of aromatic amines is 2. The number of nitrogens with zero attached hydrogens (tertiary/aromatic N) is 3. The summed E-state index contributed by atoms with van der Waals surface area (Å²) in [6.45, 7) is 8.30. The van der Waals surface area contributed by atoms with Crippen LogP contribution < -0.4 is 85.9 Å². The second-order valence-corrected chi connectivity index (χ2v) is 32.4. The summed E-state index contributed by atoms with van der Waals surface area (Å²) in [6.07, 6.45) is 2.93. The standard InChI is InChI=1S/C76H111N23O16S2/c1-7-39(3)58-71(112)94-54-36-116-117-37-55(69(110)97-60(42(6)101)72(113)86-41(5)61(102)92-53(35-100)67(108)96-59(40(4)8-2)74(115)99-29-17-25-57(99)73(114)98-28-16-24-56(98)70(111)95-58)93-63(104)49(23-15-27-83-76(79)80)88-65(106)51(31-44-33-84-47-21-13-12-20-46(44)47)90-62(103)48(22-14-26-82-75(77)78)87-64(105)50(30-43-18-10-9-11-19-43)89-66(107)52(91-68(54)109)32-45-34-81-38-85-45/h9-13,18-21,33-34,38-42,48-60,84,100-101H,7-8,14-17,22-32,35-37H2,1-6H3,(H,81,85)(H,86,113)(H,87,105)(H,88,106)(H,89,107)(H,90,103)(H,91,109)(H,92,102)(H,93,104)(H,94,112)(H,95,111)(H,96,108)(H,97,110)(H4,77,78,82)(H4,79,80,83)/t39-,40-,41-,42-,48-,49-,50-,51-,52-,53-,54-,55-,56-,57-,58-,59-,60-/m0/s1. The first kappa shape index (κ1) is 91.5. The minimum atomic E-state index is -1.95. The zero-order valence-corrected chi connectivity index (χ0v) is 67.9. The zero-order valence-electron chi connectivity index (χ0n) is 66.3. The molecule has 4 aliphatic rings. The number of para-hydroxylation sites is 1. The lowest BCUT2D eigenvalue weighted by molar-refractivity contribution is -0.149. The van der Waals surface area contributed by atoms with Gasteiger partial charge in [0.2, 0.25) is 82.7 Å². The molecular formula is C76H111N23O16S2. The van der Waals surface area contributed by atoms with Crippen molar-refractivity contribution in [1.82, 2.24) is 99.2 Å². The number of aromatic nitrogens is 3. The Morgan fingerprint density at radius 1 is 0.521 bits per heavy atom. The van der Waals surface area contributed by atoms with Crippen LogP contribution in [-0.2, 0) is 86.4 Å². The van der Waals surface area contributed by atoms with Gasteiger partial charge in [-0.1, -0.05) is 111 Å². The van der Waals surface area contributed by atoms with E-state index in [-0.39, 0.29) is 90.4 Å². The average Bonchev–Trinajstić information content (AvgIpc) is 1.67. The Bertz CT molecular complexity index is 4180. The van der Waals surface area contributed by atoms with Gasteiger partial charge in [-0.3, -0.25) is 77.9 Å². The van der Waals surface area contributed by atoms with Gasteiger partial charge in [0.25, 0.3) is 0 Å². The Balaban J connectivity index is 1.26. The topological polar surface area (TPSA) is 599 Å². The van der Waals surface area contributed by atoms with Crippen molar-refractivity contribution in [2.45, 2.75) is 216 Å². The summed E-state index contributed by atoms with van der Waals surface area (Å²) in [7, 11) is 1.68. The molecule has 2 aromatic carbocycles. The van der Waals surface area contributed by atoms with Crippen LogP contribution in [0, 0.1) is 22.7 Å². The van der Waals surface area contributed by atoms with E-state index in [0.29, 0.717) is 47.0 Å². The predicted molar refractivity (Wildman–Crippen MR) is 434 cm³/mol. The number of hydrogen-bond acceptors (Lipinski definition) is 21. The molecule has 6 heterocycles. The van der Waals surface area contributed by atoms with Crippen molar-refractivity contribution >= 4 is 127 Å². The summed E-state index contributed by atoms with van der Waals surface area (Å²) in [5.41, 5.74) is 13.3. The van der Waals surface area contributed by atoms with Gasteiger partial charge in [0.1, 0.15) is 84.6 Å². The Kier molecular flexibility index (Phi) is 34.6. The lowest BCUT2D eigenvalue weighted by Gasteiger charge is -2.35. The minimum Gasteiger partial charge on any atom is -0.394 e. The molecule has 0 unspecified atom stereocenters. The number of aliphatic hydroxyl groups excluding tert-OH is 2. The van der Waals surface area contributed by atoms with Crippen LogP contribution in [0.5, 0.6) is 0 Å². The number of fused-ring (bicyclic) bond motifs is 8. The lowest BCUT2D eigenvalue weighted by Crippen LogP contribution is -2.63. The fourth-order valence-electron chi connectivity index (χ4n) is 14.1. The van der Waals surface area contributed by atoms with Crippen LogP contribution in [0.15, 0.2) is 73.3 Å². The summed E-state index contributed by atoms with van der Waals surface area (Å²) in [5.74, 6) is -16.2.